The van der Waals surface area contributed by atoms with Gasteiger partial charge in [-0.25, -0.2) is 8.42 Å². The Labute approximate surface area is 162 Å². The Morgan fingerprint density at radius 3 is 2.36 bits per heavy atom. The van der Waals surface area contributed by atoms with E-state index < -0.39 is 34.7 Å². The Morgan fingerprint density at radius 2 is 1.82 bits per heavy atom. The molecule has 0 aromatic heterocycles. The summed E-state index contributed by atoms with van der Waals surface area (Å²) in [7, 11) is -3.89. The fraction of sp³-hybridized carbons (Fsp3) is 0.611. The molecule has 2 aliphatic rings. The van der Waals surface area contributed by atoms with Crippen LogP contribution in [0, 0.1) is 0 Å². The van der Waals surface area contributed by atoms with Crippen LogP contribution >= 0.6 is 0 Å². The van der Waals surface area contributed by atoms with Gasteiger partial charge in [-0.2, -0.15) is 17.5 Å². The van der Waals surface area contributed by atoms with Crippen molar-refractivity contribution in [1.82, 2.24) is 9.21 Å². The zero-order chi connectivity index (χ0) is 20.7. The Kier molecular flexibility index (Phi) is 5.75. The average molecular weight is 420 g/mol. The highest BCUT2D eigenvalue weighted by atomic mass is 32.2. The Morgan fingerprint density at radius 1 is 1.21 bits per heavy atom. The van der Waals surface area contributed by atoms with E-state index in [-0.39, 0.29) is 35.8 Å². The molecule has 1 aromatic carbocycles. The quantitative estimate of drug-likeness (QED) is 0.735. The molecule has 1 aromatic rings. The number of alkyl halides is 3. The maximum absolute atomic E-state index is 13.0. The molecule has 1 saturated heterocycles. The molecule has 2 atom stereocenters. The number of halogens is 3. The summed E-state index contributed by atoms with van der Waals surface area (Å²) in [6.45, 7) is 2.54. The van der Waals surface area contributed by atoms with Crippen LogP contribution in [0.3, 0.4) is 0 Å². The largest absolute Gasteiger partial charge is 0.406 e. The molecule has 0 spiro atoms. The van der Waals surface area contributed by atoms with Crippen LogP contribution in [0.25, 0.3) is 0 Å². The van der Waals surface area contributed by atoms with Crippen molar-refractivity contribution < 1.29 is 31.1 Å². The third kappa shape index (κ3) is 4.84. The topological polar surface area (TPSA) is 66.9 Å². The predicted molar refractivity (Wildman–Crippen MR) is 95.3 cm³/mol. The first kappa shape index (κ1) is 21.1. The van der Waals surface area contributed by atoms with Crippen molar-refractivity contribution in [3.05, 3.63) is 29.8 Å². The monoisotopic (exact) mass is 420 g/mol. The lowest BCUT2D eigenvalue weighted by molar-refractivity contribution is -0.141. The summed E-state index contributed by atoms with van der Waals surface area (Å²) in [6, 6.07) is 4.79. The fourth-order valence-corrected chi connectivity index (χ4v) is 5.01. The van der Waals surface area contributed by atoms with Crippen LogP contribution in [-0.2, 0) is 14.8 Å². The summed E-state index contributed by atoms with van der Waals surface area (Å²) in [5.74, 6) is -0.805. The van der Waals surface area contributed by atoms with Crippen molar-refractivity contribution in [2.45, 2.75) is 56.0 Å². The van der Waals surface area contributed by atoms with Crippen molar-refractivity contribution in [2.24, 2.45) is 0 Å². The zero-order valence-electron chi connectivity index (χ0n) is 15.6. The van der Waals surface area contributed by atoms with E-state index in [1.54, 1.807) is 13.8 Å². The second-order valence-corrected chi connectivity index (χ2v) is 9.32. The molecule has 0 radical (unpaired) electrons. The smallest absolute Gasteiger partial charge is 0.373 e. The van der Waals surface area contributed by atoms with Crippen molar-refractivity contribution in [3.8, 4) is 0 Å². The van der Waals surface area contributed by atoms with Crippen LogP contribution in [0.4, 0.5) is 13.2 Å². The van der Waals surface area contributed by atoms with E-state index in [0.717, 1.165) is 11.0 Å². The predicted octanol–water partition coefficient (Wildman–Crippen LogP) is 2.65. The van der Waals surface area contributed by atoms with Gasteiger partial charge in [0.05, 0.1) is 17.1 Å². The van der Waals surface area contributed by atoms with Gasteiger partial charge in [0, 0.05) is 24.7 Å². The van der Waals surface area contributed by atoms with Gasteiger partial charge in [-0.05, 0) is 44.9 Å². The van der Waals surface area contributed by atoms with E-state index in [1.165, 1.54) is 22.5 Å². The molecule has 2 unspecified atom stereocenters. The zero-order valence-corrected chi connectivity index (χ0v) is 16.5. The van der Waals surface area contributed by atoms with Crippen LogP contribution in [-0.4, -0.2) is 67.6 Å². The van der Waals surface area contributed by atoms with Crippen molar-refractivity contribution in [3.63, 3.8) is 0 Å². The maximum atomic E-state index is 13.0. The van der Waals surface area contributed by atoms with Crippen LogP contribution < -0.4 is 0 Å². The number of amides is 1. The van der Waals surface area contributed by atoms with Crippen LogP contribution in [0.2, 0.25) is 0 Å². The maximum Gasteiger partial charge on any atom is 0.406 e. The summed E-state index contributed by atoms with van der Waals surface area (Å²) in [5, 5.41) is 0. The normalized spacial score (nSPS) is 24.2. The minimum Gasteiger partial charge on any atom is -0.373 e. The highest BCUT2D eigenvalue weighted by molar-refractivity contribution is 7.89. The van der Waals surface area contributed by atoms with Crippen molar-refractivity contribution in [2.75, 3.05) is 19.6 Å². The first-order chi connectivity index (χ1) is 13.0. The summed E-state index contributed by atoms with van der Waals surface area (Å²) in [5.41, 5.74) is -0.0634. The van der Waals surface area contributed by atoms with E-state index in [2.05, 4.69) is 0 Å². The Hall–Kier alpha value is -1.65. The number of benzene rings is 1. The molecule has 2 fully saturated rings. The number of hydrogen-bond acceptors (Lipinski definition) is 4. The van der Waals surface area contributed by atoms with Gasteiger partial charge in [-0.15, -0.1) is 0 Å². The first-order valence-corrected chi connectivity index (χ1v) is 10.5. The molecule has 1 amide bonds. The van der Waals surface area contributed by atoms with Crippen molar-refractivity contribution in [1.29, 1.82) is 0 Å². The third-order valence-electron chi connectivity index (χ3n) is 4.70. The van der Waals surface area contributed by atoms with E-state index in [1.807, 2.05) is 0 Å². The van der Waals surface area contributed by atoms with Crippen LogP contribution in [0.1, 0.15) is 37.0 Å². The standard InChI is InChI=1S/C18H23F3N2O4S/c1-12-9-22(10-13(2)27-12)28(25,26)16-5-3-4-14(8-16)17(24)23(15-6-7-15)11-18(19,20)21/h3-5,8,12-13,15H,6-7,9-11H2,1-2H3. The number of nitrogens with zero attached hydrogens (tertiary/aromatic N) is 2. The lowest BCUT2D eigenvalue weighted by atomic mass is 10.2. The van der Waals surface area contributed by atoms with Gasteiger partial charge < -0.3 is 9.64 Å². The Bertz CT molecular complexity index is 829. The fourth-order valence-electron chi connectivity index (χ4n) is 3.38. The van der Waals surface area contributed by atoms with Crippen LogP contribution in [0.15, 0.2) is 29.2 Å². The van der Waals surface area contributed by atoms with Crippen LogP contribution in [0.5, 0.6) is 0 Å². The summed E-state index contributed by atoms with van der Waals surface area (Å²) in [4.78, 5) is 13.3. The second kappa shape index (κ2) is 7.64. The van der Waals surface area contributed by atoms with Crippen molar-refractivity contribution >= 4 is 15.9 Å². The SMILES string of the molecule is CC1CN(S(=O)(=O)c2cccc(C(=O)N(CC(F)(F)F)C3CC3)c2)CC(C)O1. The number of ether oxygens (including phenoxy) is 1. The first-order valence-electron chi connectivity index (χ1n) is 9.11. The molecule has 6 nitrogen and oxygen atoms in total. The number of hydrogen-bond donors (Lipinski definition) is 0. The van der Waals surface area contributed by atoms with Gasteiger partial charge in [-0.1, -0.05) is 6.07 Å². The number of morpholine rings is 1. The molecule has 3 rings (SSSR count). The number of rotatable bonds is 5. The van der Waals surface area contributed by atoms with Gasteiger partial charge in [0.25, 0.3) is 5.91 Å². The van der Waals surface area contributed by atoms with Gasteiger partial charge >= 0.3 is 6.18 Å². The third-order valence-corrected chi connectivity index (χ3v) is 6.53. The number of carbonyl (C=O) groups excluding carboxylic acids is 1. The van der Waals surface area contributed by atoms with E-state index in [9.17, 15) is 26.4 Å². The molecule has 1 saturated carbocycles. The van der Waals surface area contributed by atoms with E-state index >= 15 is 0 Å². The number of carbonyl (C=O) groups is 1. The minimum absolute atomic E-state index is 0.0634. The van der Waals surface area contributed by atoms with E-state index in [0.29, 0.717) is 12.8 Å². The summed E-state index contributed by atoms with van der Waals surface area (Å²) in [6.07, 6.45) is -4.03. The Balaban J connectivity index is 1.86. The molecular weight excluding hydrogens is 397 g/mol. The van der Waals surface area contributed by atoms with Gasteiger partial charge in [0.15, 0.2) is 0 Å². The summed E-state index contributed by atoms with van der Waals surface area (Å²) < 4.78 is 71.3. The lowest BCUT2D eigenvalue weighted by Crippen LogP contribution is -2.48. The van der Waals surface area contributed by atoms with Gasteiger partial charge in [-0.3, -0.25) is 4.79 Å². The lowest BCUT2D eigenvalue weighted by Gasteiger charge is -2.34. The van der Waals surface area contributed by atoms with Gasteiger partial charge in [0.2, 0.25) is 10.0 Å². The molecule has 10 heteroatoms. The molecule has 1 aliphatic carbocycles. The average Bonchev–Trinajstić information content (AvgIpc) is 3.42. The summed E-state index contributed by atoms with van der Waals surface area (Å²) >= 11 is 0. The molecular formula is C18H23F3N2O4S. The molecule has 0 bridgehead atoms. The van der Waals surface area contributed by atoms with E-state index in [4.69, 9.17) is 4.74 Å². The molecule has 1 heterocycles. The minimum atomic E-state index is -4.51. The molecule has 0 N–H and O–H groups in total. The molecule has 1 aliphatic heterocycles. The highest BCUT2D eigenvalue weighted by Gasteiger charge is 2.41. The highest BCUT2D eigenvalue weighted by Crippen LogP contribution is 2.32. The second-order valence-electron chi connectivity index (χ2n) is 7.39. The molecule has 28 heavy (non-hydrogen) atoms. The molecule has 156 valence electrons. The van der Waals surface area contributed by atoms with Gasteiger partial charge in [0.1, 0.15) is 6.54 Å². The number of sulfonamides is 1.